The van der Waals surface area contributed by atoms with E-state index in [1.807, 2.05) is 39.0 Å². The lowest BCUT2D eigenvalue weighted by Gasteiger charge is -2.39. The predicted octanol–water partition coefficient (Wildman–Crippen LogP) is 6.33. The van der Waals surface area contributed by atoms with Gasteiger partial charge in [0.2, 0.25) is 40.7 Å². The highest BCUT2D eigenvalue weighted by atomic mass is 19.2. The molecule has 0 aliphatic carbocycles. The molecule has 0 saturated carbocycles. The van der Waals surface area contributed by atoms with Crippen molar-refractivity contribution >= 4 is 17.8 Å². The van der Waals surface area contributed by atoms with E-state index in [1.54, 1.807) is 6.92 Å². The van der Waals surface area contributed by atoms with Crippen molar-refractivity contribution in [2.24, 2.45) is 5.92 Å². The molecule has 0 aromatic heterocycles. The van der Waals surface area contributed by atoms with Crippen molar-refractivity contribution in [3.8, 4) is 5.75 Å². The largest absolute Gasteiger partial charge is 0.459 e. The van der Waals surface area contributed by atoms with Crippen LogP contribution in [0.4, 0.5) is 22.0 Å². The van der Waals surface area contributed by atoms with Crippen LogP contribution in [0, 0.1) is 35.0 Å². The van der Waals surface area contributed by atoms with Crippen molar-refractivity contribution in [1.29, 1.82) is 0 Å². The van der Waals surface area contributed by atoms with Crippen LogP contribution < -0.4 is 10.1 Å². The lowest BCUT2D eigenvalue weighted by Crippen LogP contribution is -2.50. The van der Waals surface area contributed by atoms with Gasteiger partial charge in [-0.1, -0.05) is 30.7 Å². The number of epoxide rings is 1. The minimum atomic E-state index is -2.35. The Morgan fingerprint density at radius 2 is 1.61 bits per heavy atom. The number of benzene rings is 1. The van der Waals surface area contributed by atoms with Crippen molar-refractivity contribution < 1.29 is 61.4 Å². The fourth-order valence-electron chi connectivity index (χ4n) is 6.25. The highest BCUT2D eigenvalue weighted by Gasteiger charge is 2.58. The molecule has 1 N–H and O–H groups in total. The van der Waals surface area contributed by atoms with Crippen LogP contribution in [0.25, 0.3) is 0 Å². The van der Waals surface area contributed by atoms with Gasteiger partial charge in [-0.05, 0) is 52.5 Å². The lowest BCUT2D eigenvalue weighted by molar-refractivity contribution is -0.143. The molecule has 1 aromatic rings. The first-order valence-electron chi connectivity index (χ1n) is 16.2. The van der Waals surface area contributed by atoms with E-state index in [4.69, 9.17) is 18.9 Å². The summed E-state index contributed by atoms with van der Waals surface area (Å²) in [5, 5.41) is 2.96. The molecule has 4 rings (SSSR count). The van der Waals surface area contributed by atoms with Gasteiger partial charge in [-0.3, -0.25) is 14.4 Å². The fraction of sp³-hybridized carbons (Fsp3) is 0.571. The maximum Gasteiger partial charge on any atom is 0.314 e. The van der Waals surface area contributed by atoms with Crippen LogP contribution >= 0.6 is 0 Å². The Labute approximate surface area is 283 Å². The van der Waals surface area contributed by atoms with Gasteiger partial charge >= 0.3 is 11.9 Å². The molecule has 0 bridgehead atoms. The maximum atomic E-state index is 14.0. The number of rotatable bonds is 11. The number of esters is 2. The minimum absolute atomic E-state index is 0. The average molecular weight is 702 g/mol. The smallest absolute Gasteiger partial charge is 0.314 e. The summed E-state index contributed by atoms with van der Waals surface area (Å²) in [6, 6.07) is -0.193. The Morgan fingerprint density at radius 1 is 0.980 bits per heavy atom. The average Bonchev–Trinajstić information content (AvgIpc) is 3.64. The van der Waals surface area contributed by atoms with Crippen LogP contribution in [-0.2, 0) is 33.3 Å². The van der Waals surface area contributed by atoms with Gasteiger partial charge in [0.05, 0.1) is 48.6 Å². The van der Waals surface area contributed by atoms with E-state index in [2.05, 4.69) is 17.0 Å². The number of hydrogen-bond acceptors (Lipinski definition) is 8. The Kier molecular flexibility index (Phi) is 12.4. The summed E-state index contributed by atoms with van der Waals surface area (Å²) >= 11 is 0. The summed E-state index contributed by atoms with van der Waals surface area (Å²) in [6.45, 7) is 10.7. The van der Waals surface area contributed by atoms with Crippen molar-refractivity contribution in [3.05, 3.63) is 65.0 Å². The molecule has 14 heteroatoms. The first-order valence-corrected chi connectivity index (χ1v) is 16.2. The van der Waals surface area contributed by atoms with E-state index >= 15 is 0 Å². The number of carbonyl (C=O) groups is 3. The van der Waals surface area contributed by atoms with Gasteiger partial charge < -0.3 is 29.0 Å². The zero-order valence-electron chi connectivity index (χ0n) is 28.2. The summed E-state index contributed by atoms with van der Waals surface area (Å²) in [7, 11) is 0. The van der Waals surface area contributed by atoms with E-state index in [1.165, 1.54) is 19.1 Å². The van der Waals surface area contributed by atoms with Crippen molar-refractivity contribution in [3.63, 3.8) is 0 Å². The standard InChI is InChI=1S/C35H42F5NO8.H2/c1-17(8-11-26-18(2)13-25(20(4)46-26)41-27(43)12-9-19(3)45-22(6)42)7-10-23-15-35(21(5)49-35)16-24(47-23)14-28(44)48-34-32(39)30(37)29(36)31(38)33(34)40;/h7-10,12,18-21,23-26H,11,13-16H2,1-6H3,(H,41,43);1H/b10-7+,12-9-,17-8+;/t18-,19-,20+,21?,23+,24+,25+,26-,35+;/m0./s1. The van der Waals surface area contributed by atoms with Crippen LogP contribution in [0.3, 0.4) is 0 Å². The van der Waals surface area contributed by atoms with Crippen molar-refractivity contribution in [2.45, 2.75) is 122 Å². The molecule has 3 saturated heterocycles. The first-order chi connectivity index (χ1) is 23.0. The van der Waals surface area contributed by atoms with Crippen molar-refractivity contribution in [2.75, 3.05) is 0 Å². The van der Waals surface area contributed by atoms with E-state index in [9.17, 15) is 36.3 Å². The fourth-order valence-corrected chi connectivity index (χ4v) is 6.25. The van der Waals surface area contributed by atoms with Gasteiger partial charge in [-0.2, -0.15) is 8.78 Å². The Hall–Kier alpha value is -3.62. The number of allylic oxidation sites excluding steroid dienone is 2. The number of hydrogen-bond donors (Lipinski definition) is 1. The third-order valence-electron chi connectivity index (χ3n) is 9.02. The third kappa shape index (κ3) is 9.76. The van der Waals surface area contributed by atoms with Crippen LogP contribution in [0.5, 0.6) is 5.75 Å². The normalized spacial score (nSPS) is 30.8. The molecule has 1 aromatic carbocycles. The monoisotopic (exact) mass is 701 g/mol. The highest BCUT2D eigenvalue weighted by molar-refractivity contribution is 5.87. The molecule has 1 unspecified atom stereocenters. The van der Waals surface area contributed by atoms with Crippen molar-refractivity contribution in [1.82, 2.24) is 5.32 Å². The van der Waals surface area contributed by atoms with Crippen LogP contribution in [0.1, 0.15) is 75.1 Å². The number of halogens is 5. The zero-order chi connectivity index (χ0) is 36.2. The molecule has 272 valence electrons. The second-order valence-corrected chi connectivity index (χ2v) is 13.0. The molecule has 3 heterocycles. The Balaban J connectivity index is 0.00000676. The van der Waals surface area contributed by atoms with E-state index in [0.717, 1.165) is 5.57 Å². The van der Waals surface area contributed by atoms with Crippen LogP contribution in [0.2, 0.25) is 0 Å². The second kappa shape index (κ2) is 15.9. The molecule has 1 spiro atoms. The lowest BCUT2D eigenvalue weighted by atomic mass is 9.87. The molecule has 9 atom stereocenters. The van der Waals surface area contributed by atoms with E-state index < -0.39 is 77.1 Å². The third-order valence-corrected chi connectivity index (χ3v) is 9.02. The Morgan fingerprint density at radius 3 is 2.22 bits per heavy atom. The summed E-state index contributed by atoms with van der Waals surface area (Å²) in [6.07, 6.45) is 7.89. The minimum Gasteiger partial charge on any atom is -0.459 e. The molecule has 0 radical (unpaired) electrons. The number of nitrogens with one attached hydrogen (secondary N) is 1. The topological polar surface area (TPSA) is 113 Å². The quantitative estimate of drug-likeness (QED) is 0.0417. The van der Waals surface area contributed by atoms with E-state index in [-0.39, 0.29) is 44.0 Å². The van der Waals surface area contributed by atoms with Gasteiger partial charge in [0.1, 0.15) is 6.10 Å². The maximum absolute atomic E-state index is 14.0. The molecule has 49 heavy (non-hydrogen) atoms. The van der Waals surface area contributed by atoms with E-state index in [0.29, 0.717) is 19.3 Å². The van der Waals surface area contributed by atoms with Gasteiger partial charge in [0.25, 0.3) is 0 Å². The van der Waals surface area contributed by atoms with Gasteiger partial charge in [-0.15, -0.1) is 0 Å². The highest BCUT2D eigenvalue weighted by Crippen LogP contribution is 2.49. The number of amides is 1. The molecule has 3 fully saturated rings. The molecule has 9 nitrogen and oxygen atoms in total. The summed E-state index contributed by atoms with van der Waals surface area (Å²) in [4.78, 5) is 36.0. The Bertz CT molecular complexity index is 1490. The second-order valence-electron chi connectivity index (χ2n) is 13.0. The first kappa shape index (κ1) is 38.2. The summed E-state index contributed by atoms with van der Waals surface area (Å²) in [5.41, 5.74) is 0.339. The van der Waals surface area contributed by atoms with Gasteiger partial charge in [0, 0.05) is 27.3 Å². The SMILES string of the molecule is CC(=O)O[C@@H](C)/C=C\C(=O)N[C@@H]1C[C@H](C)[C@H](C/C=C(C)/C=C/[C@@H]2C[C@]3(C[C@@H](CC(=O)Oc4c(F)c(F)c(F)c(F)c4F)O2)OC3C)O[C@@H]1C.[HH]. The van der Waals surface area contributed by atoms with Gasteiger partial charge in [0.15, 0.2) is 0 Å². The van der Waals surface area contributed by atoms with Crippen LogP contribution in [0.15, 0.2) is 36.0 Å². The van der Waals surface area contributed by atoms with Crippen LogP contribution in [-0.4, -0.2) is 66.1 Å². The molecule has 3 aliphatic heterocycles. The molecular formula is C35H44F5NO8. The summed E-state index contributed by atoms with van der Waals surface area (Å²) < 4.78 is 96.2. The number of ether oxygens (including phenoxy) is 5. The molecule has 1 amide bonds. The van der Waals surface area contributed by atoms with Gasteiger partial charge in [-0.25, -0.2) is 13.2 Å². The zero-order valence-corrected chi connectivity index (χ0v) is 28.2. The number of carbonyl (C=O) groups excluding carboxylic acids is 3. The molecular weight excluding hydrogens is 657 g/mol. The molecule has 3 aliphatic rings. The predicted molar refractivity (Wildman–Crippen MR) is 168 cm³/mol. The summed E-state index contributed by atoms with van der Waals surface area (Å²) in [5.74, 6) is -14.7.